The van der Waals surface area contributed by atoms with Crippen molar-refractivity contribution >= 4 is 22.0 Å². The van der Waals surface area contributed by atoms with E-state index in [0.717, 1.165) is 11.0 Å². The minimum Gasteiger partial charge on any atom is -0.245 e. The number of fused-ring (bicyclic) bond motifs is 1. The molecule has 0 saturated heterocycles. The van der Waals surface area contributed by atoms with Crippen molar-refractivity contribution in [2.24, 2.45) is 0 Å². The molecule has 2 rings (SSSR count). The van der Waals surface area contributed by atoms with Gasteiger partial charge in [0.2, 0.25) is 0 Å². The Labute approximate surface area is 67.9 Å². The summed E-state index contributed by atoms with van der Waals surface area (Å²) in [6.45, 7) is 0. The Morgan fingerprint density at radius 3 is 3.20 bits per heavy atom. The van der Waals surface area contributed by atoms with Gasteiger partial charge in [-0.05, 0) is 27.6 Å². The van der Waals surface area contributed by atoms with Crippen LogP contribution in [0.5, 0.6) is 0 Å². The van der Waals surface area contributed by atoms with Gasteiger partial charge in [-0.1, -0.05) is 18.2 Å². The van der Waals surface area contributed by atoms with Crippen molar-refractivity contribution in [1.82, 2.24) is 4.98 Å². The summed E-state index contributed by atoms with van der Waals surface area (Å²) in [5, 5.41) is 0. The number of aromatic nitrogens is 1. The number of allylic oxidation sites excluding steroid dienone is 1. The van der Waals surface area contributed by atoms with Gasteiger partial charge in [0.25, 0.3) is 0 Å². The molecule has 0 N–H and O–H groups in total. The maximum Gasteiger partial charge on any atom is 0.106 e. The number of hydrogen-bond donors (Lipinski definition) is 0. The first-order chi connectivity index (χ1) is 4.86. The molecule has 0 spiro atoms. The third-order valence-corrected chi connectivity index (χ3v) is 2.03. The molecule has 50 valence electrons. The molecule has 0 aromatic carbocycles. The lowest BCUT2D eigenvalue weighted by molar-refractivity contribution is 1.11. The highest BCUT2D eigenvalue weighted by Crippen LogP contribution is 2.19. The first-order valence-corrected chi connectivity index (χ1v) is 3.97. The van der Waals surface area contributed by atoms with Crippen molar-refractivity contribution in [3.63, 3.8) is 0 Å². The number of nitrogens with zero attached hydrogens (tertiary/aromatic N) is 1. The molecular formula is C8H6BrN. The maximum absolute atomic E-state index is 4.31. The van der Waals surface area contributed by atoms with E-state index in [1.54, 1.807) is 0 Å². The van der Waals surface area contributed by atoms with Crippen molar-refractivity contribution in [2.45, 2.75) is 6.42 Å². The molecule has 1 aromatic heterocycles. The van der Waals surface area contributed by atoms with Gasteiger partial charge in [0.05, 0.1) is 5.69 Å². The lowest BCUT2D eigenvalue weighted by Crippen LogP contribution is -1.86. The van der Waals surface area contributed by atoms with E-state index < -0.39 is 0 Å². The SMILES string of the molecule is Brc1ccc2c(n1)CC=C2. The van der Waals surface area contributed by atoms with Crippen molar-refractivity contribution in [3.05, 3.63) is 34.1 Å². The second-order valence-corrected chi connectivity index (χ2v) is 3.09. The van der Waals surface area contributed by atoms with Crippen molar-refractivity contribution in [1.29, 1.82) is 0 Å². The van der Waals surface area contributed by atoms with Crippen LogP contribution in [0.3, 0.4) is 0 Å². The molecule has 0 fully saturated rings. The van der Waals surface area contributed by atoms with E-state index in [0.29, 0.717) is 0 Å². The van der Waals surface area contributed by atoms with Gasteiger partial charge in [-0.15, -0.1) is 0 Å². The van der Waals surface area contributed by atoms with Crippen LogP contribution in [0.2, 0.25) is 0 Å². The van der Waals surface area contributed by atoms with Crippen LogP contribution in [0.25, 0.3) is 6.08 Å². The molecule has 0 aliphatic heterocycles. The topological polar surface area (TPSA) is 12.9 Å². The number of halogens is 1. The molecule has 0 atom stereocenters. The van der Waals surface area contributed by atoms with Crippen LogP contribution >= 0.6 is 15.9 Å². The van der Waals surface area contributed by atoms with Crippen LogP contribution in [0.4, 0.5) is 0 Å². The van der Waals surface area contributed by atoms with E-state index in [1.807, 2.05) is 6.07 Å². The highest BCUT2D eigenvalue weighted by Gasteiger charge is 2.04. The Balaban J connectivity index is 2.59. The van der Waals surface area contributed by atoms with Crippen LogP contribution in [0.15, 0.2) is 22.8 Å². The largest absolute Gasteiger partial charge is 0.245 e. The standard InChI is InChI=1S/C8H6BrN/c9-8-5-4-6-2-1-3-7(6)10-8/h1-2,4-5H,3H2. The van der Waals surface area contributed by atoms with Gasteiger partial charge in [-0.2, -0.15) is 0 Å². The Morgan fingerprint density at radius 2 is 2.30 bits per heavy atom. The quantitative estimate of drug-likeness (QED) is 0.580. The molecular weight excluding hydrogens is 190 g/mol. The fraction of sp³-hybridized carbons (Fsp3) is 0.125. The minimum absolute atomic E-state index is 0.926. The predicted molar refractivity (Wildman–Crippen MR) is 44.7 cm³/mol. The van der Waals surface area contributed by atoms with E-state index in [2.05, 4.69) is 39.1 Å². The fourth-order valence-corrected chi connectivity index (χ4v) is 1.44. The zero-order valence-corrected chi connectivity index (χ0v) is 6.93. The Hall–Kier alpha value is -0.630. The van der Waals surface area contributed by atoms with E-state index in [4.69, 9.17) is 0 Å². The number of hydrogen-bond acceptors (Lipinski definition) is 1. The molecule has 0 amide bonds. The Morgan fingerprint density at radius 1 is 1.40 bits per heavy atom. The van der Waals surface area contributed by atoms with Crippen molar-refractivity contribution in [3.8, 4) is 0 Å². The summed E-state index contributed by atoms with van der Waals surface area (Å²) >= 11 is 3.33. The first-order valence-electron chi connectivity index (χ1n) is 3.18. The molecule has 0 bridgehead atoms. The number of pyridine rings is 1. The molecule has 10 heavy (non-hydrogen) atoms. The lowest BCUT2D eigenvalue weighted by Gasteiger charge is -1.95. The molecule has 0 saturated carbocycles. The van der Waals surface area contributed by atoms with Crippen LogP contribution in [0.1, 0.15) is 11.3 Å². The Bertz CT molecular complexity index is 291. The van der Waals surface area contributed by atoms with Crippen LogP contribution in [0, 0.1) is 0 Å². The van der Waals surface area contributed by atoms with Gasteiger partial charge >= 0.3 is 0 Å². The molecule has 1 heterocycles. The lowest BCUT2D eigenvalue weighted by atomic mass is 10.2. The van der Waals surface area contributed by atoms with Gasteiger partial charge < -0.3 is 0 Å². The van der Waals surface area contributed by atoms with Gasteiger partial charge in [-0.3, -0.25) is 0 Å². The van der Waals surface area contributed by atoms with Crippen LogP contribution in [-0.4, -0.2) is 4.98 Å². The fourth-order valence-electron chi connectivity index (χ4n) is 1.10. The zero-order valence-electron chi connectivity index (χ0n) is 5.34. The van der Waals surface area contributed by atoms with Gasteiger partial charge in [0.15, 0.2) is 0 Å². The smallest absolute Gasteiger partial charge is 0.106 e. The van der Waals surface area contributed by atoms with Gasteiger partial charge in [0, 0.05) is 6.42 Å². The molecule has 0 radical (unpaired) electrons. The highest BCUT2D eigenvalue weighted by atomic mass is 79.9. The summed E-state index contributed by atoms with van der Waals surface area (Å²) in [6, 6.07) is 4.05. The third kappa shape index (κ3) is 0.886. The van der Waals surface area contributed by atoms with Crippen LogP contribution < -0.4 is 0 Å². The summed E-state index contributed by atoms with van der Waals surface area (Å²) in [7, 11) is 0. The summed E-state index contributed by atoms with van der Waals surface area (Å²) in [4.78, 5) is 4.31. The maximum atomic E-state index is 4.31. The van der Waals surface area contributed by atoms with E-state index in [9.17, 15) is 0 Å². The minimum atomic E-state index is 0.926. The molecule has 1 aliphatic rings. The van der Waals surface area contributed by atoms with E-state index in [1.165, 1.54) is 11.3 Å². The van der Waals surface area contributed by atoms with E-state index >= 15 is 0 Å². The second kappa shape index (κ2) is 2.20. The second-order valence-electron chi connectivity index (χ2n) is 2.28. The summed E-state index contributed by atoms with van der Waals surface area (Å²) in [5.74, 6) is 0. The Kier molecular flexibility index (Phi) is 1.34. The number of rotatable bonds is 0. The summed E-state index contributed by atoms with van der Waals surface area (Å²) in [6.07, 6.45) is 5.22. The van der Waals surface area contributed by atoms with Gasteiger partial charge in [0.1, 0.15) is 4.60 Å². The first kappa shape index (κ1) is 6.10. The normalized spacial score (nSPS) is 13.7. The van der Waals surface area contributed by atoms with Gasteiger partial charge in [-0.25, -0.2) is 4.98 Å². The average Bonchev–Trinajstić information content (AvgIpc) is 2.33. The molecule has 2 heteroatoms. The predicted octanol–water partition coefficient (Wildman–Crippen LogP) is 2.41. The average molecular weight is 196 g/mol. The van der Waals surface area contributed by atoms with Crippen LogP contribution in [-0.2, 0) is 6.42 Å². The molecule has 1 aliphatic carbocycles. The van der Waals surface area contributed by atoms with Crippen molar-refractivity contribution < 1.29 is 0 Å². The monoisotopic (exact) mass is 195 g/mol. The molecule has 1 aromatic rings. The molecule has 0 unspecified atom stereocenters. The van der Waals surface area contributed by atoms with E-state index in [-0.39, 0.29) is 0 Å². The molecule has 1 nitrogen and oxygen atoms in total. The van der Waals surface area contributed by atoms with Crippen molar-refractivity contribution in [2.75, 3.05) is 0 Å². The zero-order chi connectivity index (χ0) is 6.97. The summed E-state index contributed by atoms with van der Waals surface area (Å²) in [5.41, 5.74) is 2.43. The summed E-state index contributed by atoms with van der Waals surface area (Å²) < 4.78 is 0.926. The highest BCUT2D eigenvalue weighted by molar-refractivity contribution is 9.10. The third-order valence-electron chi connectivity index (χ3n) is 1.58.